The molecular formula is C17H23N5O2. The number of carbonyl (C=O) groups is 2. The Bertz CT molecular complexity index is 650. The Hall–Kier alpha value is -2.83. The highest BCUT2D eigenvalue weighted by atomic mass is 16.2. The minimum absolute atomic E-state index is 0.0222. The normalized spacial score (nSPS) is 10.5. The Morgan fingerprint density at radius 2 is 1.83 bits per heavy atom. The minimum atomic E-state index is -0.267. The van der Waals surface area contributed by atoms with Crippen LogP contribution in [0.2, 0.25) is 0 Å². The van der Waals surface area contributed by atoms with Crippen LogP contribution in [-0.4, -0.2) is 34.8 Å². The van der Waals surface area contributed by atoms with Crippen molar-refractivity contribution in [3.8, 4) is 5.69 Å². The summed E-state index contributed by atoms with van der Waals surface area (Å²) in [6.07, 6.45) is 4.25. The van der Waals surface area contributed by atoms with Gasteiger partial charge < -0.3 is 16.0 Å². The van der Waals surface area contributed by atoms with E-state index in [1.807, 2.05) is 50.4 Å². The van der Waals surface area contributed by atoms with Crippen molar-refractivity contribution in [1.82, 2.24) is 20.4 Å². The lowest BCUT2D eigenvalue weighted by molar-refractivity contribution is -0.123. The van der Waals surface area contributed by atoms with E-state index in [0.29, 0.717) is 25.2 Å². The quantitative estimate of drug-likeness (QED) is 0.680. The number of benzene rings is 1. The molecule has 7 nitrogen and oxygen atoms in total. The van der Waals surface area contributed by atoms with Gasteiger partial charge >= 0.3 is 6.03 Å². The molecule has 3 amide bonds. The Labute approximate surface area is 141 Å². The first-order valence-corrected chi connectivity index (χ1v) is 7.99. The number of nitrogens with zero attached hydrogens (tertiary/aromatic N) is 2. The molecule has 0 bridgehead atoms. The van der Waals surface area contributed by atoms with Crippen LogP contribution in [0.1, 0.15) is 20.3 Å². The Morgan fingerprint density at radius 1 is 1.12 bits per heavy atom. The molecule has 1 aromatic carbocycles. The minimum Gasteiger partial charge on any atom is -0.356 e. The number of urea groups is 1. The number of carbonyl (C=O) groups excluding carboxylic acids is 2. The summed E-state index contributed by atoms with van der Waals surface area (Å²) in [5, 5.41) is 12.5. The van der Waals surface area contributed by atoms with Crippen molar-refractivity contribution < 1.29 is 9.59 Å². The average Bonchev–Trinajstić information content (AvgIpc) is 3.09. The maximum atomic E-state index is 11.8. The highest BCUT2D eigenvalue weighted by molar-refractivity contribution is 5.89. The van der Waals surface area contributed by atoms with Gasteiger partial charge in [0.1, 0.15) is 0 Å². The second kappa shape index (κ2) is 8.71. The predicted molar refractivity (Wildman–Crippen MR) is 93.1 cm³/mol. The summed E-state index contributed by atoms with van der Waals surface area (Å²) in [7, 11) is 0. The molecule has 3 N–H and O–H groups in total. The average molecular weight is 329 g/mol. The van der Waals surface area contributed by atoms with Crippen LogP contribution in [0.4, 0.5) is 10.5 Å². The molecule has 0 aliphatic carbocycles. The van der Waals surface area contributed by atoms with Crippen LogP contribution in [-0.2, 0) is 4.79 Å². The molecule has 0 aliphatic heterocycles. The summed E-state index contributed by atoms with van der Waals surface area (Å²) in [6, 6.07) is 8.98. The molecule has 1 heterocycles. The zero-order valence-electron chi connectivity index (χ0n) is 14.0. The Kier molecular flexibility index (Phi) is 6.36. The molecule has 2 rings (SSSR count). The third kappa shape index (κ3) is 5.42. The van der Waals surface area contributed by atoms with Gasteiger partial charge in [-0.25, -0.2) is 9.48 Å². The lowest BCUT2D eigenvalue weighted by atomic mass is 10.2. The number of hydrogen-bond donors (Lipinski definition) is 3. The summed E-state index contributed by atoms with van der Waals surface area (Å²) in [4.78, 5) is 23.2. The zero-order chi connectivity index (χ0) is 17.4. The molecule has 1 aromatic heterocycles. The maximum absolute atomic E-state index is 11.8. The van der Waals surface area contributed by atoms with Crippen molar-refractivity contribution in [2.75, 3.05) is 18.4 Å². The van der Waals surface area contributed by atoms with Crippen molar-refractivity contribution in [2.45, 2.75) is 20.3 Å². The van der Waals surface area contributed by atoms with Gasteiger partial charge in [0.2, 0.25) is 5.91 Å². The van der Waals surface area contributed by atoms with Crippen LogP contribution in [0.15, 0.2) is 42.7 Å². The smallest absolute Gasteiger partial charge is 0.319 e. The van der Waals surface area contributed by atoms with Crippen molar-refractivity contribution in [2.24, 2.45) is 5.92 Å². The molecule has 7 heteroatoms. The van der Waals surface area contributed by atoms with Crippen molar-refractivity contribution in [3.63, 3.8) is 0 Å². The molecule has 0 fully saturated rings. The summed E-state index contributed by atoms with van der Waals surface area (Å²) in [6.45, 7) is 4.74. The molecule has 24 heavy (non-hydrogen) atoms. The van der Waals surface area contributed by atoms with Crippen LogP contribution in [0.5, 0.6) is 0 Å². The fraction of sp³-hybridized carbons (Fsp3) is 0.353. The van der Waals surface area contributed by atoms with E-state index < -0.39 is 0 Å². The first-order valence-electron chi connectivity index (χ1n) is 7.99. The number of amides is 3. The van der Waals surface area contributed by atoms with E-state index >= 15 is 0 Å². The Balaban J connectivity index is 1.68. The van der Waals surface area contributed by atoms with Crippen LogP contribution in [0.25, 0.3) is 5.69 Å². The molecule has 0 atom stereocenters. The van der Waals surface area contributed by atoms with Gasteiger partial charge in [-0.3, -0.25) is 4.79 Å². The fourth-order valence-electron chi connectivity index (χ4n) is 2.00. The van der Waals surface area contributed by atoms with Gasteiger partial charge in [-0.2, -0.15) is 5.10 Å². The first kappa shape index (κ1) is 17.5. The molecule has 0 spiro atoms. The van der Waals surface area contributed by atoms with Crippen LogP contribution in [0.3, 0.4) is 0 Å². The number of aromatic nitrogens is 2. The number of hydrogen-bond acceptors (Lipinski definition) is 3. The lowest BCUT2D eigenvalue weighted by Gasteiger charge is -2.10. The van der Waals surface area contributed by atoms with E-state index in [1.165, 1.54) is 0 Å². The zero-order valence-corrected chi connectivity index (χ0v) is 14.0. The van der Waals surface area contributed by atoms with Crippen molar-refractivity contribution in [3.05, 3.63) is 42.7 Å². The van der Waals surface area contributed by atoms with E-state index in [-0.39, 0.29) is 17.9 Å². The van der Waals surface area contributed by atoms with E-state index in [4.69, 9.17) is 0 Å². The predicted octanol–water partition coefficient (Wildman–Crippen LogP) is 2.16. The first-order chi connectivity index (χ1) is 11.6. The SMILES string of the molecule is CC(C)C(=O)NCCCNC(=O)Nc1ccc(-n2cccn2)cc1. The van der Waals surface area contributed by atoms with Gasteiger partial charge in [0.15, 0.2) is 0 Å². The van der Waals surface area contributed by atoms with Crippen molar-refractivity contribution >= 4 is 17.6 Å². The second-order valence-corrected chi connectivity index (χ2v) is 5.68. The number of anilines is 1. The Morgan fingerprint density at radius 3 is 2.46 bits per heavy atom. The summed E-state index contributed by atoms with van der Waals surface area (Å²) < 4.78 is 1.75. The van der Waals surface area contributed by atoms with Crippen LogP contribution >= 0.6 is 0 Å². The number of rotatable bonds is 7. The lowest BCUT2D eigenvalue weighted by Crippen LogP contribution is -2.33. The summed E-state index contributed by atoms with van der Waals surface area (Å²) in [5.41, 5.74) is 1.63. The van der Waals surface area contributed by atoms with Crippen molar-refractivity contribution in [1.29, 1.82) is 0 Å². The molecule has 0 saturated carbocycles. The van der Waals surface area contributed by atoms with Gasteiger partial charge in [-0.1, -0.05) is 13.8 Å². The van der Waals surface area contributed by atoms with Crippen LogP contribution < -0.4 is 16.0 Å². The highest BCUT2D eigenvalue weighted by Crippen LogP contribution is 2.12. The third-order valence-electron chi connectivity index (χ3n) is 3.36. The van der Waals surface area contributed by atoms with E-state index in [2.05, 4.69) is 21.0 Å². The largest absolute Gasteiger partial charge is 0.356 e. The van der Waals surface area contributed by atoms with E-state index in [9.17, 15) is 9.59 Å². The third-order valence-corrected chi connectivity index (χ3v) is 3.36. The van der Waals surface area contributed by atoms with Gasteiger partial charge in [0.05, 0.1) is 5.69 Å². The fourth-order valence-corrected chi connectivity index (χ4v) is 2.00. The highest BCUT2D eigenvalue weighted by Gasteiger charge is 2.05. The monoisotopic (exact) mass is 329 g/mol. The topological polar surface area (TPSA) is 88.0 Å². The van der Waals surface area contributed by atoms with Gasteiger partial charge in [0, 0.05) is 37.1 Å². The maximum Gasteiger partial charge on any atom is 0.319 e. The molecule has 0 aliphatic rings. The summed E-state index contributed by atoms with van der Waals surface area (Å²) >= 11 is 0. The molecule has 0 radical (unpaired) electrons. The molecule has 128 valence electrons. The van der Waals surface area contributed by atoms with Gasteiger partial charge in [0.25, 0.3) is 0 Å². The molecule has 0 saturated heterocycles. The van der Waals surface area contributed by atoms with Gasteiger partial charge in [-0.05, 0) is 36.8 Å². The molecule has 2 aromatic rings. The molecular weight excluding hydrogens is 306 g/mol. The second-order valence-electron chi connectivity index (χ2n) is 5.68. The standard InChI is InChI=1S/C17H23N5O2/c1-13(2)16(23)18-9-3-10-19-17(24)21-14-5-7-15(8-6-14)22-12-4-11-20-22/h4-8,11-13H,3,9-10H2,1-2H3,(H,18,23)(H2,19,21,24). The van der Waals surface area contributed by atoms with Gasteiger partial charge in [-0.15, -0.1) is 0 Å². The van der Waals surface area contributed by atoms with E-state index in [0.717, 1.165) is 5.69 Å². The number of nitrogens with one attached hydrogen (secondary N) is 3. The van der Waals surface area contributed by atoms with Crippen LogP contribution in [0, 0.1) is 5.92 Å². The van der Waals surface area contributed by atoms with E-state index in [1.54, 1.807) is 10.9 Å². The molecule has 0 unspecified atom stereocenters. The summed E-state index contributed by atoms with van der Waals surface area (Å²) in [5.74, 6) is 0.00249.